The molecule has 21 heavy (non-hydrogen) atoms. The van der Waals surface area contributed by atoms with Crippen molar-refractivity contribution >= 4 is 17.5 Å². The molecule has 2 aliphatic rings. The molecule has 114 valence electrons. The normalized spacial score (nSPS) is 31.8. The standard InChI is InChI=1S/C17H23ClN2O/c1-17(19)9-3-2-4-14(17)16(21)20-15-8-5-11-10-12(18)6-7-13(11)15/h6-7,10,14-15H,2-5,8-9,19H2,1H3,(H,20,21). The van der Waals surface area contributed by atoms with Crippen LogP contribution in [0.4, 0.5) is 0 Å². The summed E-state index contributed by atoms with van der Waals surface area (Å²) in [6, 6.07) is 6.07. The fourth-order valence-electron chi connectivity index (χ4n) is 3.80. The first-order valence-corrected chi connectivity index (χ1v) is 8.23. The molecule has 0 radical (unpaired) electrons. The first kappa shape index (κ1) is 14.9. The van der Waals surface area contributed by atoms with Gasteiger partial charge in [0.1, 0.15) is 0 Å². The van der Waals surface area contributed by atoms with Crippen LogP contribution in [0.1, 0.15) is 56.2 Å². The van der Waals surface area contributed by atoms with Gasteiger partial charge in [0, 0.05) is 10.6 Å². The molecular weight excluding hydrogens is 284 g/mol. The third-order valence-electron chi connectivity index (χ3n) is 5.07. The maximum absolute atomic E-state index is 12.6. The summed E-state index contributed by atoms with van der Waals surface area (Å²) in [5.41, 5.74) is 8.43. The number of nitrogens with two attached hydrogens (primary N) is 1. The lowest BCUT2D eigenvalue weighted by Crippen LogP contribution is -2.53. The van der Waals surface area contributed by atoms with Crippen molar-refractivity contribution in [3.05, 3.63) is 34.3 Å². The molecule has 1 aromatic carbocycles. The Morgan fingerprint density at radius 2 is 2.19 bits per heavy atom. The first-order chi connectivity index (χ1) is 9.97. The van der Waals surface area contributed by atoms with Gasteiger partial charge in [0.15, 0.2) is 0 Å². The molecule has 1 amide bonds. The van der Waals surface area contributed by atoms with Crippen LogP contribution in [-0.2, 0) is 11.2 Å². The minimum absolute atomic E-state index is 0.0670. The molecule has 0 saturated heterocycles. The number of nitrogens with one attached hydrogen (secondary N) is 1. The fraction of sp³-hybridized carbons (Fsp3) is 0.588. The number of hydrogen-bond donors (Lipinski definition) is 2. The fourth-order valence-corrected chi connectivity index (χ4v) is 3.99. The van der Waals surface area contributed by atoms with Gasteiger partial charge in [0.2, 0.25) is 5.91 Å². The van der Waals surface area contributed by atoms with E-state index in [2.05, 4.69) is 5.32 Å². The Balaban J connectivity index is 1.72. The summed E-state index contributed by atoms with van der Waals surface area (Å²) in [7, 11) is 0. The Hall–Kier alpha value is -1.06. The lowest BCUT2D eigenvalue weighted by molar-refractivity contribution is -0.128. The van der Waals surface area contributed by atoms with Gasteiger partial charge in [-0.15, -0.1) is 0 Å². The predicted octanol–water partition coefficient (Wildman–Crippen LogP) is 3.35. The lowest BCUT2D eigenvalue weighted by Gasteiger charge is -2.37. The van der Waals surface area contributed by atoms with E-state index in [9.17, 15) is 4.79 Å². The summed E-state index contributed by atoms with van der Waals surface area (Å²) in [6.45, 7) is 2.01. The second-order valence-corrected chi connectivity index (χ2v) is 7.18. The number of aryl methyl sites for hydroxylation is 1. The van der Waals surface area contributed by atoms with Gasteiger partial charge in [-0.3, -0.25) is 4.79 Å². The summed E-state index contributed by atoms with van der Waals surface area (Å²) in [6.07, 6.45) is 5.99. The monoisotopic (exact) mass is 306 g/mol. The average Bonchev–Trinajstić information content (AvgIpc) is 2.80. The Morgan fingerprint density at radius 3 is 2.95 bits per heavy atom. The van der Waals surface area contributed by atoms with Crippen molar-refractivity contribution in [2.45, 2.75) is 57.0 Å². The molecule has 0 spiro atoms. The smallest absolute Gasteiger partial charge is 0.225 e. The van der Waals surface area contributed by atoms with Crippen molar-refractivity contribution in [3.63, 3.8) is 0 Å². The largest absolute Gasteiger partial charge is 0.349 e. The molecule has 3 rings (SSSR count). The third kappa shape index (κ3) is 2.95. The zero-order valence-electron chi connectivity index (χ0n) is 12.5. The van der Waals surface area contributed by atoms with Crippen LogP contribution in [-0.4, -0.2) is 11.4 Å². The highest BCUT2D eigenvalue weighted by atomic mass is 35.5. The van der Waals surface area contributed by atoms with E-state index in [0.29, 0.717) is 0 Å². The molecule has 0 aliphatic heterocycles. The van der Waals surface area contributed by atoms with Gasteiger partial charge < -0.3 is 11.1 Å². The van der Waals surface area contributed by atoms with Crippen LogP contribution in [0.5, 0.6) is 0 Å². The predicted molar refractivity (Wildman–Crippen MR) is 85.2 cm³/mol. The molecule has 4 heteroatoms. The Morgan fingerprint density at radius 1 is 1.38 bits per heavy atom. The van der Waals surface area contributed by atoms with E-state index in [1.807, 2.05) is 25.1 Å². The zero-order valence-corrected chi connectivity index (χ0v) is 13.2. The van der Waals surface area contributed by atoms with E-state index in [4.69, 9.17) is 17.3 Å². The topological polar surface area (TPSA) is 55.1 Å². The van der Waals surface area contributed by atoms with Gasteiger partial charge in [0.05, 0.1) is 12.0 Å². The molecule has 3 nitrogen and oxygen atoms in total. The number of benzene rings is 1. The van der Waals surface area contributed by atoms with E-state index < -0.39 is 0 Å². The molecule has 0 bridgehead atoms. The molecule has 3 atom stereocenters. The van der Waals surface area contributed by atoms with Gasteiger partial charge in [-0.25, -0.2) is 0 Å². The van der Waals surface area contributed by atoms with Crippen molar-refractivity contribution in [1.29, 1.82) is 0 Å². The molecule has 0 aromatic heterocycles. The van der Waals surface area contributed by atoms with Crippen molar-refractivity contribution in [1.82, 2.24) is 5.32 Å². The van der Waals surface area contributed by atoms with Gasteiger partial charge in [0.25, 0.3) is 0 Å². The number of fused-ring (bicyclic) bond motifs is 1. The maximum atomic E-state index is 12.6. The minimum Gasteiger partial charge on any atom is -0.349 e. The van der Waals surface area contributed by atoms with Crippen molar-refractivity contribution in [3.8, 4) is 0 Å². The van der Waals surface area contributed by atoms with Crippen LogP contribution < -0.4 is 11.1 Å². The molecule has 1 fully saturated rings. The number of halogens is 1. The van der Waals surface area contributed by atoms with Crippen LogP contribution in [0.15, 0.2) is 18.2 Å². The Labute approximate surface area is 131 Å². The van der Waals surface area contributed by atoms with E-state index >= 15 is 0 Å². The average molecular weight is 307 g/mol. The molecule has 3 unspecified atom stereocenters. The number of carbonyl (C=O) groups is 1. The highest BCUT2D eigenvalue weighted by molar-refractivity contribution is 6.30. The van der Waals surface area contributed by atoms with Gasteiger partial charge >= 0.3 is 0 Å². The summed E-state index contributed by atoms with van der Waals surface area (Å²) >= 11 is 6.03. The van der Waals surface area contributed by atoms with Crippen molar-refractivity contribution in [2.24, 2.45) is 11.7 Å². The lowest BCUT2D eigenvalue weighted by atomic mass is 9.74. The van der Waals surface area contributed by atoms with E-state index in [-0.39, 0.29) is 23.4 Å². The minimum atomic E-state index is -0.371. The van der Waals surface area contributed by atoms with Crippen molar-refractivity contribution in [2.75, 3.05) is 0 Å². The zero-order chi connectivity index (χ0) is 15.0. The molecular formula is C17H23ClN2O. The number of rotatable bonds is 2. The van der Waals surface area contributed by atoms with Crippen LogP contribution >= 0.6 is 11.6 Å². The molecule has 3 N–H and O–H groups in total. The van der Waals surface area contributed by atoms with E-state index in [0.717, 1.165) is 43.5 Å². The third-order valence-corrected chi connectivity index (χ3v) is 5.31. The van der Waals surface area contributed by atoms with E-state index in [1.165, 1.54) is 11.1 Å². The summed E-state index contributed by atoms with van der Waals surface area (Å²) < 4.78 is 0. The van der Waals surface area contributed by atoms with Crippen LogP contribution in [0, 0.1) is 5.92 Å². The molecule has 1 aromatic rings. The number of carbonyl (C=O) groups excluding carboxylic acids is 1. The molecule has 0 heterocycles. The summed E-state index contributed by atoms with van der Waals surface area (Å²) in [5, 5.41) is 3.98. The SMILES string of the molecule is CC1(N)CCCCC1C(=O)NC1CCc2cc(Cl)ccc21. The quantitative estimate of drug-likeness (QED) is 0.880. The Kier molecular flexibility index (Phi) is 3.98. The van der Waals surface area contributed by atoms with Crippen LogP contribution in [0.25, 0.3) is 0 Å². The number of hydrogen-bond acceptors (Lipinski definition) is 2. The summed E-state index contributed by atoms with van der Waals surface area (Å²) in [5.74, 6) is 0.0510. The van der Waals surface area contributed by atoms with Crippen LogP contribution in [0.3, 0.4) is 0 Å². The van der Waals surface area contributed by atoms with E-state index in [1.54, 1.807) is 0 Å². The summed E-state index contributed by atoms with van der Waals surface area (Å²) in [4.78, 5) is 12.6. The highest BCUT2D eigenvalue weighted by Gasteiger charge is 2.39. The molecule has 2 aliphatic carbocycles. The van der Waals surface area contributed by atoms with Gasteiger partial charge in [-0.2, -0.15) is 0 Å². The highest BCUT2D eigenvalue weighted by Crippen LogP contribution is 2.35. The second kappa shape index (κ2) is 5.62. The van der Waals surface area contributed by atoms with Crippen molar-refractivity contribution < 1.29 is 4.79 Å². The second-order valence-electron chi connectivity index (χ2n) is 6.75. The van der Waals surface area contributed by atoms with Gasteiger partial charge in [-0.1, -0.05) is 30.5 Å². The molecule has 1 saturated carbocycles. The maximum Gasteiger partial charge on any atom is 0.225 e. The number of amides is 1. The Bertz CT molecular complexity index is 556. The first-order valence-electron chi connectivity index (χ1n) is 7.85. The van der Waals surface area contributed by atoms with Gasteiger partial charge in [-0.05, 0) is 55.9 Å². The van der Waals surface area contributed by atoms with Crippen LogP contribution in [0.2, 0.25) is 5.02 Å².